The average molecular weight is 365 g/mol. The molecule has 4 rings (SSSR count). The number of aromatic nitrogens is 4. The Morgan fingerprint density at radius 2 is 2.04 bits per heavy atom. The second kappa shape index (κ2) is 6.57. The molecule has 1 N–H and O–H groups in total. The van der Waals surface area contributed by atoms with Gasteiger partial charge in [-0.2, -0.15) is 5.10 Å². The lowest BCUT2D eigenvalue weighted by atomic mass is 10.1. The number of hydrogen-bond acceptors (Lipinski definition) is 6. The molecular formula is C18H15N5O2S. The third-order valence-corrected chi connectivity index (χ3v) is 4.78. The molecule has 1 amide bonds. The molecule has 3 aromatic heterocycles. The van der Waals surface area contributed by atoms with E-state index >= 15 is 0 Å². The van der Waals surface area contributed by atoms with Crippen molar-refractivity contribution in [2.75, 3.05) is 5.32 Å². The van der Waals surface area contributed by atoms with Crippen molar-refractivity contribution in [2.45, 2.75) is 6.92 Å². The van der Waals surface area contributed by atoms with E-state index in [2.05, 4.69) is 20.0 Å². The Labute approximate surface area is 153 Å². The van der Waals surface area contributed by atoms with Crippen LogP contribution in [-0.2, 0) is 7.05 Å². The number of aryl methyl sites for hydroxylation is 2. The Kier molecular flexibility index (Phi) is 4.10. The molecule has 0 aliphatic rings. The number of rotatable bonds is 4. The highest BCUT2D eigenvalue weighted by atomic mass is 32.1. The highest BCUT2D eigenvalue weighted by Crippen LogP contribution is 2.27. The van der Waals surface area contributed by atoms with E-state index in [1.54, 1.807) is 17.9 Å². The van der Waals surface area contributed by atoms with Crippen molar-refractivity contribution >= 4 is 23.1 Å². The predicted octanol–water partition coefficient (Wildman–Crippen LogP) is 3.76. The van der Waals surface area contributed by atoms with Crippen LogP contribution in [0.5, 0.6) is 0 Å². The average Bonchev–Trinajstić information content (AvgIpc) is 3.36. The maximum Gasteiger partial charge on any atom is 0.269 e. The molecule has 0 aliphatic carbocycles. The van der Waals surface area contributed by atoms with Gasteiger partial charge in [-0.1, -0.05) is 16.6 Å². The normalized spacial score (nSPS) is 10.8. The minimum Gasteiger partial charge on any atom is -0.463 e. The van der Waals surface area contributed by atoms with Gasteiger partial charge < -0.3 is 9.73 Å². The fourth-order valence-corrected chi connectivity index (χ4v) is 3.19. The summed E-state index contributed by atoms with van der Waals surface area (Å²) in [4.78, 5) is 12.8. The summed E-state index contributed by atoms with van der Waals surface area (Å²) in [6.07, 6.45) is 1.63. The van der Waals surface area contributed by atoms with Gasteiger partial charge in [-0.15, -0.1) is 5.10 Å². The minimum atomic E-state index is -0.203. The van der Waals surface area contributed by atoms with Crippen LogP contribution in [0.2, 0.25) is 0 Å². The zero-order chi connectivity index (χ0) is 18.1. The molecule has 0 fully saturated rings. The molecule has 7 nitrogen and oxygen atoms in total. The van der Waals surface area contributed by atoms with E-state index in [1.807, 2.05) is 49.5 Å². The van der Waals surface area contributed by atoms with Crippen LogP contribution in [0, 0.1) is 6.92 Å². The predicted molar refractivity (Wildman–Crippen MR) is 98.9 cm³/mol. The lowest BCUT2D eigenvalue weighted by molar-refractivity contribution is 0.103. The fourth-order valence-electron chi connectivity index (χ4n) is 2.63. The van der Waals surface area contributed by atoms with E-state index in [1.165, 1.54) is 0 Å². The van der Waals surface area contributed by atoms with Crippen LogP contribution in [0.3, 0.4) is 0 Å². The van der Waals surface area contributed by atoms with Gasteiger partial charge in [0.05, 0.1) is 17.7 Å². The van der Waals surface area contributed by atoms with E-state index in [-0.39, 0.29) is 5.91 Å². The molecule has 0 saturated heterocycles. The molecule has 0 radical (unpaired) electrons. The first kappa shape index (κ1) is 16.2. The van der Waals surface area contributed by atoms with Crippen molar-refractivity contribution in [1.82, 2.24) is 19.4 Å². The van der Waals surface area contributed by atoms with Crippen molar-refractivity contribution in [2.24, 2.45) is 7.05 Å². The molecule has 0 bridgehead atoms. The maximum atomic E-state index is 12.2. The summed E-state index contributed by atoms with van der Waals surface area (Å²) in [5, 5.41) is 11.2. The van der Waals surface area contributed by atoms with Gasteiger partial charge in [-0.25, -0.2) is 0 Å². The smallest absolute Gasteiger partial charge is 0.269 e. The topological polar surface area (TPSA) is 85.8 Å². The molecule has 26 heavy (non-hydrogen) atoms. The second-order valence-corrected chi connectivity index (χ2v) is 6.49. The zero-order valence-electron chi connectivity index (χ0n) is 14.1. The summed E-state index contributed by atoms with van der Waals surface area (Å²) in [7, 11) is 1.89. The molecule has 1 aromatic carbocycles. The number of nitrogens with zero attached hydrogens (tertiary/aromatic N) is 4. The number of carbonyl (C=O) groups excluding carboxylic acids is 1. The Hall–Kier alpha value is -3.26. The van der Waals surface area contributed by atoms with Crippen LogP contribution in [-0.4, -0.2) is 25.3 Å². The summed E-state index contributed by atoms with van der Waals surface area (Å²) < 4.78 is 11.0. The molecular weight excluding hydrogens is 350 g/mol. The molecule has 0 unspecified atom stereocenters. The van der Waals surface area contributed by atoms with Gasteiger partial charge in [0, 0.05) is 12.7 Å². The summed E-state index contributed by atoms with van der Waals surface area (Å²) in [5.41, 5.74) is 4.06. The SMILES string of the molecule is Cc1nnsc1C(=O)Nc1ccc(-c2cc(-c3ccco3)nn2C)cc1. The third-order valence-electron chi connectivity index (χ3n) is 3.95. The van der Waals surface area contributed by atoms with Crippen molar-refractivity contribution in [1.29, 1.82) is 0 Å². The van der Waals surface area contributed by atoms with Crippen LogP contribution >= 0.6 is 11.5 Å². The Morgan fingerprint density at radius 1 is 1.23 bits per heavy atom. The lowest BCUT2D eigenvalue weighted by Gasteiger charge is -2.06. The van der Waals surface area contributed by atoms with Gasteiger partial charge in [0.15, 0.2) is 5.76 Å². The third kappa shape index (κ3) is 3.02. The number of carbonyl (C=O) groups is 1. The zero-order valence-corrected chi connectivity index (χ0v) is 14.9. The van der Waals surface area contributed by atoms with E-state index in [0.29, 0.717) is 16.3 Å². The van der Waals surface area contributed by atoms with E-state index < -0.39 is 0 Å². The molecule has 130 valence electrons. The monoisotopic (exact) mass is 365 g/mol. The summed E-state index contributed by atoms with van der Waals surface area (Å²) in [6, 6.07) is 13.3. The van der Waals surface area contributed by atoms with Crippen molar-refractivity contribution in [3.8, 4) is 22.7 Å². The minimum absolute atomic E-state index is 0.203. The molecule has 0 atom stereocenters. The van der Waals surface area contributed by atoms with Gasteiger partial charge in [0.1, 0.15) is 10.6 Å². The van der Waals surface area contributed by atoms with Gasteiger partial charge in [0.2, 0.25) is 0 Å². The standard InChI is InChI=1S/C18H15N5O2S/c1-11-17(26-22-20-11)18(24)19-13-7-5-12(6-8-13)15-10-14(21-23(15)2)16-4-3-9-25-16/h3-10H,1-2H3,(H,19,24). The first-order valence-corrected chi connectivity index (χ1v) is 8.68. The van der Waals surface area contributed by atoms with E-state index in [4.69, 9.17) is 4.42 Å². The highest BCUT2D eigenvalue weighted by molar-refractivity contribution is 7.08. The number of benzene rings is 1. The number of nitrogens with one attached hydrogen (secondary N) is 1. The molecule has 3 heterocycles. The fraction of sp³-hybridized carbons (Fsp3) is 0.111. The molecule has 0 saturated carbocycles. The summed E-state index contributed by atoms with van der Waals surface area (Å²) in [6.45, 7) is 1.76. The van der Waals surface area contributed by atoms with E-state index in [0.717, 1.165) is 34.2 Å². The summed E-state index contributed by atoms with van der Waals surface area (Å²) >= 11 is 1.09. The quantitative estimate of drug-likeness (QED) is 0.595. The van der Waals surface area contributed by atoms with Crippen molar-refractivity contribution < 1.29 is 9.21 Å². The molecule has 4 aromatic rings. The van der Waals surface area contributed by atoms with Crippen molar-refractivity contribution in [3.05, 3.63) is 59.3 Å². The van der Waals surface area contributed by atoms with Crippen LogP contribution in [0.4, 0.5) is 5.69 Å². The van der Waals surface area contributed by atoms with Crippen LogP contribution < -0.4 is 5.32 Å². The van der Waals surface area contributed by atoms with Crippen LogP contribution in [0.15, 0.2) is 53.1 Å². The van der Waals surface area contributed by atoms with Gasteiger partial charge in [-0.3, -0.25) is 9.48 Å². The molecule has 0 spiro atoms. The van der Waals surface area contributed by atoms with Gasteiger partial charge in [0.25, 0.3) is 5.91 Å². The first-order valence-electron chi connectivity index (χ1n) is 7.90. The number of anilines is 1. The lowest BCUT2D eigenvalue weighted by Crippen LogP contribution is -2.11. The van der Waals surface area contributed by atoms with Crippen LogP contribution in [0.1, 0.15) is 15.4 Å². The Morgan fingerprint density at radius 3 is 2.69 bits per heavy atom. The number of furan rings is 1. The van der Waals surface area contributed by atoms with E-state index in [9.17, 15) is 4.79 Å². The number of hydrogen-bond donors (Lipinski definition) is 1. The first-order chi connectivity index (χ1) is 12.6. The van der Waals surface area contributed by atoms with Crippen molar-refractivity contribution in [3.63, 3.8) is 0 Å². The Bertz CT molecular complexity index is 1050. The molecule has 8 heteroatoms. The van der Waals surface area contributed by atoms with Gasteiger partial charge >= 0.3 is 0 Å². The summed E-state index contributed by atoms with van der Waals surface area (Å²) in [5.74, 6) is 0.523. The number of amides is 1. The Balaban J connectivity index is 1.55. The van der Waals surface area contributed by atoms with Gasteiger partial charge in [-0.05, 0) is 54.4 Å². The largest absolute Gasteiger partial charge is 0.463 e. The van der Waals surface area contributed by atoms with Crippen LogP contribution in [0.25, 0.3) is 22.7 Å². The maximum absolute atomic E-state index is 12.2. The second-order valence-electron chi connectivity index (χ2n) is 5.73. The molecule has 0 aliphatic heterocycles. The highest BCUT2D eigenvalue weighted by Gasteiger charge is 2.14.